The molecule has 1 aromatic heterocycles. The summed E-state index contributed by atoms with van der Waals surface area (Å²) in [5, 5.41) is 1.80. The van der Waals surface area contributed by atoms with Gasteiger partial charge in [-0.25, -0.2) is 4.79 Å². The quantitative estimate of drug-likeness (QED) is 0.528. The summed E-state index contributed by atoms with van der Waals surface area (Å²) >= 11 is 0. The van der Waals surface area contributed by atoms with Gasteiger partial charge >= 0.3 is 5.97 Å². The summed E-state index contributed by atoms with van der Waals surface area (Å²) in [4.78, 5) is 19.0. The van der Waals surface area contributed by atoms with Crippen molar-refractivity contribution in [3.05, 3.63) is 65.9 Å². The van der Waals surface area contributed by atoms with E-state index in [1.54, 1.807) is 6.20 Å². The maximum absolute atomic E-state index is 12.6. The number of aromatic nitrogens is 1. The molecule has 0 N–H and O–H groups in total. The molecule has 0 aliphatic carbocycles. The maximum atomic E-state index is 12.6. The van der Waals surface area contributed by atoms with Crippen LogP contribution in [-0.4, -0.2) is 36.2 Å². The molecule has 0 fully saturated rings. The molecule has 2 aromatic carbocycles. The SMILES string of the molecule is Cc1ccccc1-c1ncc(C(=O)OC(C)N(C)C)c2ccccc12. The van der Waals surface area contributed by atoms with Gasteiger partial charge in [-0.05, 0) is 38.9 Å². The van der Waals surface area contributed by atoms with Gasteiger partial charge in [0, 0.05) is 17.1 Å². The Balaban J connectivity index is 2.11. The van der Waals surface area contributed by atoms with Gasteiger partial charge in [-0.15, -0.1) is 0 Å². The van der Waals surface area contributed by atoms with Crippen molar-refractivity contribution in [2.24, 2.45) is 0 Å². The van der Waals surface area contributed by atoms with E-state index in [0.29, 0.717) is 5.56 Å². The van der Waals surface area contributed by atoms with Crippen LogP contribution in [0.2, 0.25) is 0 Å². The van der Waals surface area contributed by atoms with Crippen LogP contribution in [0.4, 0.5) is 0 Å². The second-order valence-corrected chi connectivity index (χ2v) is 6.35. The number of esters is 1. The van der Waals surface area contributed by atoms with Gasteiger partial charge in [0.25, 0.3) is 0 Å². The van der Waals surface area contributed by atoms with E-state index in [1.165, 1.54) is 0 Å². The molecule has 1 atom stereocenters. The van der Waals surface area contributed by atoms with Gasteiger partial charge in [0.1, 0.15) is 0 Å². The minimum Gasteiger partial charge on any atom is -0.443 e. The van der Waals surface area contributed by atoms with Gasteiger partial charge in [0.15, 0.2) is 6.23 Å². The van der Waals surface area contributed by atoms with E-state index in [2.05, 4.69) is 24.0 Å². The third-order valence-electron chi connectivity index (χ3n) is 4.42. The highest BCUT2D eigenvalue weighted by atomic mass is 16.6. The minimum atomic E-state index is -0.360. The average Bonchev–Trinajstić information content (AvgIpc) is 2.61. The molecule has 0 bridgehead atoms. The summed E-state index contributed by atoms with van der Waals surface area (Å²) < 4.78 is 5.52. The molecule has 4 heteroatoms. The lowest BCUT2D eigenvalue weighted by Crippen LogP contribution is -2.30. The number of carbonyl (C=O) groups excluding carboxylic acids is 1. The number of nitrogens with zero attached hydrogens (tertiary/aromatic N) is 2. The van der Waals surface area contributed by atoms with Crippen molar-refractivity contribution in [1.82, 2.24) is 9.88 Å². The number of ether oxygens (including phenoxy) is 1. The van der Waals surface area contributed by atoms with E-state index < -0.39 is 0 Å². The predicted octanol–water partition coefficient (Wildman–Crippen LogP) is 4.27. The monoisotopic (exact) mass is 334 g/mol. The first-order chi connectivity index (χ1) is 12.0. The zero-order valence-corrected chi connectivity index (χ0v) is 15.0. The maximum Gasteiger partial charge on any atom is 0.341 e. The van der Waals surface area contributed by atoms with E-state index in [4.69, 9.17) is 4.74 Å². The second-order valence-electron chi connectivity index (χ2n) is 6.35. The van der Waals surface area contributed by atoms with Gasteiger partial charge < -0.3 is 4.74 Å². The highest BCUT2D eigenvalue weighted by molar-refractivity contribution is 6.08. The lowest BCUT2D eigenvalue weighted by Gasteiger charge is -2.20. The molecule has 0 saturated carbocycles. The number of hydrogen-bond acceptors (Lipinski definition) is 4. The van der Waals surface area contributed by atoms with Crippen molar-refractivity contribution in [1.29, 1.82) is 0 Å². The predicted molar refractivity (Wildman–Crippen MR) is 100 cm³/mol. The fraction of sp³-hybridized carbons (Fsp3) is 0.238. The van der Waals surface area contributed by atoms with Gasteiger partial charge in [-0.2, -0.15) is 0 Å². The van der Waals surface area contributed by atoms with Crippen molar-refractivity contribution in [2.75, 3.05) is 14.1 Å². The smallest absolute Gasteiger partial charge is 0.341 e. The van der Waals surface area contributed by atoms with Crippen LogP contribution in [0.15, 0.2) is 54.7 Å². The second kappa shape index (κ2) is 7.03. The van der Waals surface area contributed by atoms with Crippen LogP contribution in [0.5, 0.6) is 0 Å². The molecule has 3 rings (SSSR count). The number of aryl methyl sites for hydroxylation is 1. The molecular formula is C21H22N2O2. The zero-order valence-electron chi connectivity index (χ0n) is 15.0. The van der Waals surface area contributed by atoms with Crippen LogP contribution < -0.4 is 0 Å². The molecule has 0 spiro atoms. The zero-order chi connectivity index (χ0) is 18.0. The Hall–Kier alpha value is -2.72. The third kappa shape index (κ3) is 3.39. The van der Waals surface area contributed by atoms with Crippen LogP contribution in [0.25, 0.3) is 22.0 Å². The van der Waals surface area contributed by atoms with Crippen molar-refractivity contribution in [3.8, 4) is 11.3 Å². The Bertz CT molecular complexity index is 919. The van der Waals surface area contributed by atoms with Crippen LogP contribution in [0, 0.1) is 6.92 Å². The standard InChI is InChI=1S/C21H22N2O2/c1-14-9-5-6-10-16(14)20-18-12-8-7-11-17(18)19(13-22-20)21(24)25-15(2)23(3)4/h5-13,15H,1-4H3. The highest BCUT2D eigenvalue weighted by Crippen LogP contribution is 2.30. The van der Waals surface area contributed by atoms with E-state index >= 15 is 0 Å². The first-order valence-corrected chi connectivity index (χ1v) is 8.30. The molecule has 25 heavy (non-hydrogen) atoms. The van der Waals surface area contributed by atoms with E-state index in [0.717, 1.165) is 27.6 Å². The molecule has 1 heterocycles. The topological polar surface area (TPSA) is 42.4 Å². The molecule has 0 aliphatic heterocycles. The van der Waals surface area contributed by atoms with E-state index in [9.17, 15) is 4.79 Å². The van der Waals surface area contributed by atoms with Crippen molar-refractivity contribution in [3.63, 3.8) is 0 Å². The Kier molecular flexibility index (Phi) is 4.81. The number of fused-ring (bicyclic) bond motifs is 1. The summed E-state index contributed by atoms with van der Waals surface area (Å²) in [6, 6.07) is 15.9. The van der Waals surface area contributed by atoms with Crippen molar-refractivity contribution in [2.45, 2.75) is 20.1 Å². The van der Waals surface area contributed by atoms with Gasteiger partial charge in [0.2, 0.25) is 0 Å². The van der Waals surface area contributed by atoms with Crippen molar-refractivity contribution >= 4 is 16.7 Å². The Morgan fingerprint density at radius 2 is 1.68 bits per heavy atom. The van der Waals surface area contributed by atoms with E-state index in [1.807, 2.05) is 62.3 Å². The number of hydrogen-bond donors (Lipinski definition) is 0. The summed E-state index contributed by atoms with van der Waals surface area (Å²) in [5.41, 5.74) is 3.59. The summed E-state index contributed by atoms with van der Waals surface area (Å²) in [6.45, 7) is 3.90. The minimum absolute atomic E-state index is 0.303. The molecule has 4 nitrogen and oxygen atoms in total. The fourth-order valence-electron chi connectivity index (χ4n) is 2.73. The lowest BCUT2D eigenvalue weighted by molar-refractivity contribution is -0.00529. The molecule has 0 radical (unpaired) electrons. The van der Waals surface area contributed by atoms with Crippen LogP contribution in [-0.2, 0) is 4.74 Å². The number of carbonyl (C=O) groups is 1. The van der Waals surface area contributed by atoms with Crippen LogP contribution >= 0.6 is 0 Å². The first-order valence-electron chi connectivity index (χ1n) is 8.30. The van der Waals surface area contributed by atoms with Gasteiger partial charge in [-0.3, -0.25) is 9.88 Å². The molecule has 0 aliphatic rings. The molecular weight excluding hydrogens is 312 g/mol. The molecule has 0 amide bonds. The van der Waals surface area contributed by atoms with Gasteiger partial charge in [-0.1, -0.05) is 48.5 Å². The van der Waals surface area contributed by atoms with Crippen LogP contribution in [0.3, 0.4) is 0 Å². The number of rotatable bonds is 4. The third-order valence-corrected chi connectivity index (χ3v) is 4.42. The molecule has 3 aromatic rings. The van der Waals surface area contributed by atoms with Gasteiger partial charge in [0.05, 0.1) is 11.3 Å². The molecule has 128 valence electrons. The molecule has 1 unspecified atom stereocenters. The summed E-state index contributed by atoms with van der Waals surface area (Å²) in [5.74, 6) is -0.360. The highest BCUT2D eigenvalue weighted by Gasteiger charge is 2.18. The van der Waals surface area contributed by atoms with E-state index in [-0.39, 0.29) is 12.2 Å². The largest absolute Gasteiger partial charge is 0.443 e. The number of pyridine rings is 1. The Morgan fingerprint density at radius 1 is 1.04 bits per heavy atom. The Labute approximate surface area is 148 Å². The fourth-order valence-corrected chi connectivity index (χ4v) is 2.73. The van der Waals surface area contributed by atoms with Crippen LogP contribution in [0.1, 0.15) is 22.8 Å². The first kappa shape index (κ1) is 17.1. The normalized spacial score (nSPS) is 12.4. The summed E-state index contributed by atoms with van der Waals surface area (Å²) in [7, 11) is 3.74. The number of benzene rings is 2. The van der Waals surface area contributed by atoms with Crippen molar-refractivity contribution < 1.29 is 9.53 Å². The average molecular weight is 334 g/mol. The summed E-state index contributed by atoms with van der Waals surface area (Å²) in [6.07, 6.45) is 1.32. The lowest BCUT2D eigenvalue weighted by atomic mass is 9.98. The molecule has 0 saturated heterocycles. The Morgan fingerprint density at radius 3 is 2.36 bits per heavy atom.